The van der Waals surface area contributed by atoms with Crippen molar-refractivity contribution in [2.45, 2.75) is 58.9 Å². The third-order valence-electron chi connectivity index (χ3n) is 7.12. The molecule has 0 saturated carbocycles. The van der Waals surface area contributed by atoms with Crippen LogP contribution in [0.5, 0.6) is 0 Å². The van der Waals surface area contributed by atoms with Gasteiger partial charge in [-0.2, -0.15) is 4.98 Å². The van der Waals surface area contributed by atoms with Gasteiger partial charge < -0.3 is 9.30 Å². The van der Waals surface area contributed by atoms with Gasteiger partial charge in [0.1, 0.15) is 0 Å². The van der Waals surface area contributed by atoms with E-state index in [-0.39, 0.29) is 17.9 Å². The van der Waals surface area contributed by atoms with Gasteiger partial charge in [0, 0.05) is 26.2 Å². The molecule has 0 amide bonds. The third-order valence-corrected chi connectivity index (χ3v) is 7.12. The molecule has 2 atom stereocenters. The molecule has 0 radical (unpaired) electrons. The van der Waals surface area contributed by atoms with E-state index in [1.165, 1.54) is 11.1 Å². The van der Waals surface area contributed by atoms with E-state index in [1.807, 2.05) is 30.6 Å². The van der Waals surface area contributed by atoms with Gasteiger partial charge in [-0.25, -0.2) is 9.78 Å². The smallest absolute Gasteiger partial charge is 0.349 e. The summed E-state index contributed by atoms with van der Waals surface area (Å²) in [6.45, 7) is 13.3. The maximum atomic E-state index is 12.5. The first-order chi connectivity index (χ1) is 17.8. The van der Waals surface area contributed by atoms with E-state index in [0.717, 1.165) is 54.6 Å². The molecule has 5 rings (SSSR count). The number of ether oxygens (including phenoxy) is 1. The molecule has 3 heterocycles. The molecular formula is C29H33N5O3. The first kappa shape index (κ1) is 25.0. The Hall–Kier alpha value is -3.62. The van der Waals surface area contributed by atoms with Crippen LogP contribution < -0.4 is 11.2 Å². The number of aromatic nitrogens is 4. The minimum atomic E-state index is -0.652. The first-order valence-corrected chi connectivity index (χ1v) is 12.8. The molecule has 2 aromatic carbocycles. The predicted octanol–water partition coefficient (Wildman–Crippen LogP) is 3.61. The highest BCUT2D eigenvalue weighted by molar-refractivity contribution is 5.81. The van der Waals surface area contributed by atoms with Crippen molar-refractivity contribution in [2.75, 3.05) is 13.1 Å². The summed E-state index contributed by atoms with van der Waals surface area (Å²) in [5.41, 5.74) is 5.38. The third kappa shape index (κ3) is 5.40. The molecule has 192 valence electrons. The average molecular weight is 500 g/mol. The second kappa shape index (κ2) is 10.4. The largest absolute Gasteiger partial charge is 0.369 e. The molecule has 8 nitrogen and oxygen atoms in total. The lowest BCUT2D eigenvalue weighted by molar-refractivity contribution is -0.0574. The summed E-state index contributed by atoms with van der Waals surface area (Å²) in [5, 5.41) is 0. The minimum absolute atomic E-state index is 0.0799. The highest BCUT2D eigenvalue weighted by Crippen LogP contribution is 2.24. The van der Waals surface area contributed by atoms with Crippen LogP contribution in [-0.4, -0.2) is 49.7 Å². The van der Waals surface area contributed by atoms with Gasteiger partial charge >= 0.3 is 5.69 Å². The van der Waals surface area contributed by atoms with Crippen LogP contribution in [0.4, 0.5) is 0 Å². The molecule has 0 aliphatic carbocycles. The monoisotopic (exact) mass is 499 g/mol. The molecule has 1 fully saturated rings. The van der Waals surface area contributed by atoms with E-state index in [4.69, 9.17) is 4.74 Å². The van der Waals surface area contributed by atoms with E-state index in [0.29, 0.717) is 12.4 Å². The van der Waals surface area contributed by atoms with Crippen LogP contribution in [0.2, 0.25) is 0 Å². The molecule has 37 heavy (non-hydrogen) atoms. The number of fused-ring (bicyclic) bond motifs is 2. The van der Waals surface area contributed by atoms with Gasteiger partial charge in [-0.05, 0) is 68.0 Å². The zero-order valence-corrected chi connectivity index (χ0v) is 21.7. The fourth-order valence-corrected chi connectivity index (χ4v) is 5.12. The van der Waals surface area contributed by atoms with Crippen molar-refractivity contribution in [3.63, 3.8) is 0 Å². The topological polar surface area (TPSA) is 93.1 Å². The molecule has 1 saturated heterocycles. The predicted molar refractivity (Wildman–Crippen MR) is 145 cm³/mol. The fraction of sp³-hybridized carbons (Fsp3) is 0.379. The van der Waals surface area contributed by atoms with Gasteiger partial charge in [0.15, 0.2) is 11.5 Å². The Kier molecular flexibility index (Phi) is 7.04. The van der Waals surface area contributed by atoms with Crippen LogP contribution in [-0.2, 0) is 24.2 Å². The summed E-state index contributed by atoms with van der Waals surface area (Å²) in [5.74, 6) is 0.331. The summed E-state index contributed by atoms with van der Waals surface area (Å²) in [4.78, 5) is 37.8. The van der Waals surface area contributed by atoms with Gasteiger partial charge in [-0.1, -0.05) is 30.3 Å². The SMILES string of the molecule is C=C[C@@H]1CN(Cc2ccc(CCCn3c4nc(=O)[nH]c(=O)c-4nc4cc(C)c(C)cc43)cc2)C[C@@H](C)O1. The summed E-state index contributed by atoms with van der Waals surface area (Å²) in [6, 6.07) is 12.8. The molecule has 0 bridgehead atoms. The van der Waals surface area contributed by atoms with E-state index >= 15 is 0 Å². The van der Waals surface area contributed by atoms with Crippen LogP contribution in [0, 0.1) is 13.8 Å². The number of aromatic amines is 1. The molecule has 3 aliphatic rings. The van der Waals surface area contributed by atoms with Crippen molar-refractivity contribution >= 4 is 11.0 Å². The maximum absolute atomic E-state index is 12.5. The number of hydrogen-bond acceptors (Lipinski definition) is 6. The van der Waals surface area contributed by atoms with Gasteiger partial charge in [0.2, 0.25) is 0 Å². The Morgan fingerprint density at radius 1 is 1.08 bits per heavy atom. The van der Waals surface area contributed by atoms with Gasteiger partial charge in [0.05, 0.1) is 23.2 Å². The highest BCUT2D eigenvalue weighted by atomic mass is 16.5. The Morgan fingerprint density at radius 3 is 2.57 bits per heavy atom. The van der Waals surface area contributed by atoms with Gasteiger partial charge in [-0.3, -0.25) is 14.7 Å². The zero-order valence-electron chi connectivity index (χ0n) is 21.7. The fourth-order valence-electron chi connectivity index (χ4n) is 5.12. The number of nitrogens with one attached hydrogen (secondary N) is 1. The van der Waals surface area contributed by atoms with Crippen molar-refractivity contribution < 1.29 is 4.74 Å². The first-order valence-electron chi connectivity index (χ1n) is 12.8. The molecule has 3 aliphatic heterocycles. The number of H-pyrrole nitrogens is 1. The lowest BCUT2D eigenvalue weighted by Crippen LogP contribution is -2.45. The molecule has 8 heteroatoms. The van der Waals surface area contributed by atoms with Crippen molar-refractivity contribution in [3.05, 3.63) is 92.1 Å². The van der Waals surface area contributed by atoms with Crippen molar-refractivity contribution in [1.82, 2.24) is 24.4 Å². The minimum Gasteiger partial charge on any atom is -0.369 e. The Morgan fingerprint density at radius 2 is 1.81 bits per heavy atom. The molecular weight excluding hydrogens is 466 g/mol. The maximum Gasteiger partial charge on any atom is 0.349 e. The summed E-state index contributed by atoms with van der Waals surface area (Å²) in [7, 11) is 0. The van der Waals surface area contributed by atoms with Crippen LogP contribution in [0.3, 0.4) is 0 Å². The Bertz CT molecular complexity index is 1520. The summed E-state index contributed by atoms with van der Waals surface area (Å²) in [6.07, 6.45) is 3.85. The summed E-state index contributed by atoms with van der Waals surface area (Å²) >= 11 is 0. The number of hydrogen-bond donors (Lipinski definition) is 1. The van der Waals surface area contributed by atoms with E-state index in [2.05, 4.69) is 63.7 Å². The zero-order chi connectivity index (χ0) is 26.1. The van der Waals surface area contributed by atoms with Crippen molar-refractivity contribution in [2.24, 2.45) is 0 Å². The molecule has 0 unspecified atom stereocenters. The molecule has 1 N–H and O–H groups in total. The molecule has 0 aromatic heterocycles. The van der Waals surface area contributed by atoms with Gasteiger partial charge in [0.25, 0.3) is 5.56 Å². The number of nitrogens with zero attached hydrogens (tertiary/aromatic N) is 4. The number of rotatable bonds is 7. The lowest BCUT2D eigenvalue weighted by Gasteiger charge is -2.35. The second-order valence-corrected chi connectivity index (χ2v) is 10.1. The number of morpholine rings is 1. The quantitative estimate of drug-likeness (QED) is 0.309. The van der Waals surface area contributed by atoms with Crippen LogP contribution in [0.1, 0.15) is 35.6 Å². The Labute approximate surface area is 216 Å². The van der Waals surface area contributed by atoms with Crippen LogP contribution in [0.25, 0.3) is 22.6 Å². The van der Waals surface area contributed by atoms with Crippen molar-refractivity contribution in [3.8, 4) is 11.5 Å². The average Bonchev–Trinajstić information content (AvgIpc) is 2.86. The molecule has 2 aromatic rings. The number of benzene rings is 2. The van der Waals surface area contributed by atoms with Crippen LogP contribution >= 0.6 is 0 Å². The van der Waals surface area contributed by atoms with Crippen molar-refractivity contribution in [1.29, 1.82) is 0 Å². The normalized spacial score (nSPS) is 18.5. The van der Waals surface area contributed by atoms with Crippen LogP contribution in [0.15, 0.2) is 58.6 Å². The van der Waals surface area contributed by atoms with Gasteiger partial charge in [-0.15, -0.1) is 6.58 Å². The number of aryl methyl sites for hydroxylation is 4. The highest BCUT2D eigenvalue weighted by Gasteiger charge is 2.23. The summed E-state index contributed by atoms with van der Waals surface area (Å²) < 4.78 is 7.84. The lowest BCUT2D eigenvalue weighted by atomic mass is 10.1. The Balaban J connectivity index is 1.32. The standard InChI is InChI=1S/C29H33N5O3/c1-5-23-17-33(15-20(4)37-23)16-22-10-8-21(9-11-22)7-6-12-34-25-14-19(3)18(2)13-24(25)30-26-27(34)31-29(36)32-28(26)35/h5,8-11,13-14,20,23H,1,6-7,12,15-17H2,2-4H3,(H,32,35,36)/t20-,23-/m1/s1. The molecule has 0 spiro atoms. The van der Waals surface area contributed by atoms with E-state index in [9.17, 15) is 9.59 Å². The van der Waals surface area contributed by atoms with E-state index in [1.54, 1.807) is 0 Å². The second-order valence-electron chi connectivity index (χ2n) is 10.1. The van der Waals surface area contributed by atoms with E-state index < -0.39 is 11.2 Å².